The van der Waals surface area contributed by atoms with E-state index in [1.165, 1.54) is 12.0 Å². The highest BCUT2D eigenvalue weighted by Gasteiger charge is 2.52. The zero-order chi connectivity index (χ0) is 23.8. The second-order valence-corrected chi connectivity index (χ2v) is 8.49. The van der Waals surface area contributed by atoms with Gasteiger partial charge in [-0.05, 0) is 43.3 Å². The summed E-state index contributed by atoms with van der Waals surface area (Å²) in [4.78, 5) is 28.1. The predicted octanol–water partition coefficient (Wildman–Crippen LogP) is 5.63. The van der Waals surface area contributed by atoms with Gasteiger partial charge in [-0.3, -0.25) is 4.79 Å². The molecular formula is C25H21Cl2NO5. The first-order valence-corrected chi connectivity index (χ1v) is 10.8. The molecule has 3 aromatic carbocycles. The average Bonchev–Trinajstić information content (AvgIpc) is 3.01. The summed E-state index contributed by atoms with van der Waals surface area (Å²) in [5.74, 6) is 0.0973. The summed E-state index contributed by atoms with van der Waals surface area (Å²) < 4.78 is 16.5. The van der Waals surface area contributed by atoms with E-state index in [4.69, 9.17) is 37.4 Å². The molecule has 1 amide bonds. The first-order valence-electron chi connectivity index (χ1n) is 10.1. The molecule has 0 aromatic heterocycles. The van der Waals surface area contributed by atoms with E-state index in [-0.39, 0.29) is 11.6 Å². The first kappa shape index (κ1) is 23.0. The van der Waals surface area contributed by atoms with E-state index in [1.54, 1.807) is 74.7 Å². The second-order valence-electron chi connectivity index (χ2n) is 7.64. The first-order chi connectivity index (χ1) is 15.8. The molecule has 0 bridgehead atoms. The quantitative estimate of drug-likeness (QED) is 0.423. The molecule has 3 aromatic rings. The Kier molecular flexibility index (Phi) is 6.23. The van der Waals surface area contributed by atoms with Crippen molar-refractivity contribution in [2.45, 2.75) is 19.1 Å². The number of carbonyl (C=O) groups is 2. The van der Waals surface area contributed by atoms with Crippen LogP contribution in [0.1, 0.15) is 28.4 Å². The number of halogens is 2. The lowest BCUT2D eigenvalue weighted by atomic mass is 9.97. The standard InChI is InChI=1S/C25H21Cl2NO5/c1-25(33-23(29)15-7-5-4-6-8-15)19-11-17(26)12-20(27)22(19)28(24(25)30)14-16-9-10-18(31-2)13-21(16)32-3/h4-13H,14H2,1-3H3. The van der Waals surface area contributed by atoms with Crippen molar-refractivity contribution in [2.24, 2.45) is 0 Å². The highest BCUT2D eigenvalue weighted by atomic mass is 35.5. The average molecular weight is 486 g/mol. The molecule has 4 rings (SSSR count). The third kappa shape index (κ3) is 4.12. The van der Waals surface area contributed by atoms with Crippen molar-refractivity contribution in [3.8, 4) is 11.5 Å². The van der Waals surface area contributed by atoms with Gasteiger partial charge in [0.05, 0.1) is 37.0 Å². The smallest absolute Gasteiger partial charge is 0.339 e. The Labute approximate surface area is 201 Å². The zero-order valence-electron chi connectivity index (χ0n) is 18.2. The minimum absolute atomic E-state index is 0.138. The number of methoxy groups -OCH3 is 2. The van der Waals surface area contributed by atoms with Gasteiger partial charge in [-0.15, -0.1) is 0 Å². The maximum absolute atomic E-state index is 13.7. The van der Waals surface area contributed by atoms with Gasteiger partial charge in [0.1, 0.15) is 11.5 Å². The number of rotatable bonds is 6. The molecule has 0 N–H and O–H groups in total. The van der Waals surface area contributed by atoms with Gasteiger partial charge in [0, 0.05) is 22.2 Å². The SMILES string of the molecule is COc1ccc(CN2C(=O)C(C)(OC(=O)c3ccccc3)c3cc(Cl)cc(Cl)c32)c(OC)c1. The molecular weight excluding hydrogens is 465 g/mol. The van der Waals surface area contributed by atoms with Crippen molar-refractivity contribution < 1.29 is 23.8 Å². The molecule has 6 nitrogen and oxygen atoms in total. The van der Waals surface area contributed by atoms with E-state index in [1.807, 2.05) is 0 Å². The number of hydrogen-bond donors (Lipinski definition) is 0. The maximum Gasteiger partial charge on any atom is 0.339 e. The van der Waals surface area contributed by atoms with Crippen LogP contribution in [0.2, 0.25) is 10.0 Å². The Hall–Kier alpha value is -3.22. The Balaban J connectivity index is 1.77. The van der Waals surface area contributed by atoms with Gasteiger partial charge < -0.3 is 19.1 Å². The van der Waals surface area contributed by atoms with E-state index in [0.29, 0.717) is 33.3 Å². The number of anilines is 1. The van der Waals surface area contributed by atoms with E-state index in [9.17, 15) is 9.59 Å². The summed E-state index contributed by atoms with van der Waals surface area (Å²) in [6.45, 7) is 1.69. The lowest BCUT2D eigenvalue weighted by molar-refractivity contribution is -0.135. The highest BCUT2D eigenvalue weighted by Crippen LogP contribution is 2.49. The number of hydrogen-bond acceptors (Lipinski definition) is 5. The molecule has 0 spiro atoms. The topological polar surface area (TPSA) is 65.1 Å². The summed E-state index contributed by atoms with van der Waals surface area (Å²) >= 11 is 12.8. The lowest BCUT2D eigenvalue weighted by Crippen LogP contribution is -2.41. The normalized spacial score (nSPS) is 17.0. The van der Waals surface area contributed by atoms with E-state index in [0.717, 1.165) is 5.56 Å². The van der Waals surface area contributed by atoms with Crippen molar-refractivity contribution in [1.29, 1.82) is 0 Å². The second kappa shape index (κ2) is 8.96. The van der Waals surface area contributed by atoms with Gasteiger partial charge in [0.25, 0.3) is 5.91 Å². The van der Waals surface area contributed by atoms with Crippen LogP contribution in [-0.4, -0.2) is 26.1 Å². The Bertz CT molecular complexity index is 1230. The highest BCUT2D eigenvalue weighted by molar-refractivity contribution is 6.38. The third-order valence-corrected chi connectivity index (χ3v) is 6.10. The molecule has 0 radical (unpaired) electrons. The number of amides is 1. The molecule has 1 atom stereocenters. The molecule has 1 aliphatic heterocycles. The van der Waals surface area contributed by atoms with Crippen LogP contribution in [0.3, 0.4) is 0 Å². The van der Waals surface area contributed by atoms with Crippen LogP contribution in [0.5, 0.6) is 11.5 Å². The van der Waals surface area contributed by atoms with Gasteiger partial charge in [0.2, 0.25) is 5.60 Å². The number of esters is 1. The largest absolute Gasteiger partial charge is 0.497 e. The van der Waals surface area contributed by atoms with Crippen molar-refractivity contribution in [3.05, 3.63) is 87.4 Å². The van der Waals surface area contributed by atoms with Crippen LogP contribution in [0.15, 0.2) is 60.7 Å². The fourth-order valence-corrected chi connectivity index (χ4v) is 4.49. The number of nitrogens with zero attached hydrogens (tertiary/aromatic N) is 1. The Morgan fingerprint density at radius 1 is 1.00 bits per heavy atom. The van der Waals surface area contributed by atoms with Crippen LogP contribution in [0.4, 0.5) is 5.69 Å². The van der Waals surface area contributed by atoms with Crippen LogP contribution < -0.4 is 14.4 Å². The lowest BCUT2D eigenvalue weighted by Gasteiger charge is -2.25. The van der Waals surface area contributed by atoms with E-state index < -0.39 is 17.5 Å². The summed E-state index contributed by atoms with van der Waals surface area (Å²) in [6.07, 6.45) is 0. The van der Waals surface area contributed by atoms with Gasteiger partial charge in [-0.1, -0.05) is 41.4 Å². The predicted molar refractivity (Wildman–Crippen MR) is 126 cm³/mol. The fourth-order valence-electron chi connectivity index (χ4n) is 3.90. The van der Waals surface area contributed by atoms with E-state index >= 15 is 0 Å². The molecule has 33 heavy (non-hydrogen) atoms. The summed E-state index contributed by atoms with van der Waals surface area (Å²) in [7, 11) is 3.10. The molecule has 0 saturated heterocycles. The summed E-state index contributed by atoms with van der Waals surface area (Å²) in [5.41, 5.74) is 0.295. The van der Waals surface area contributed by atoms with Gasteiger partial charge >= 0.3 is 5.97 Å². The van der Waals surface area contributed by atoms with Crippen molar-refractivity contribution >= 4 is 40.8 Å². The Morgan fingerprint density at radius 3 is 2.39 bits per heavy atom. The summed E-state index contributed by atoms with van der Waals surface area (Å²) in [5, 5.41) is 0.607. The van der Waals surface area contributed by atoms with Crippen molar-refractivity contribution in [3.63, 3.8) is 0 Å². The summed E-state index contributed by atoms with van der Waals surface area (Å²) in [6, 6.07) is 16.9. The molecule has 1 aliphatic rings. The number of fused-ring (bicyclic) bond motifs is 1. The molecule has 1 heterocycles. The number of carbonyl (C=O) groups excluding carboxylic acids is 2. The molecule has 1 unspecified atom stereocenters. The van der Waals surface area contributed by atoms with Gasteiger partial charge in [-0.25, -0.2) is 4.79 Å². The van der Waals surface area contributed by atoms with Crippen LogP contribution in [0.25, 0.3) is 0 Å². The number of ether oxygens (including phenoxy) is 3. The Morgan fingerprint density at radius 2 is 1.73 bits per heavy atom. The maximum atomic E-state index is 13.7. The number of benzene rings is 3. The van der Waals surface area contributed by atoms with Crippen molar-refractivity contribution in [2.75, 3.05) is 19.1 Å². The molecule has 8 heteroatoms. The van der Waals surface area contributed by atoms with Crippen LogP contribution >= 0.6 is 23.2 Å². The van der Waals surface area contributed by atoms with E-state index in [2.05, 4.69) is 0 Å². The third-order valence-electron chi connectivity index (χ3n) is 5.59. The van der Waals surface area contributed by atoms with Gasteiger partial charge in [-0.2, -0.15) is 0 Å². The van der Waals surface area contributed by atoms with Crippen molar-refractivity contribution in [1.82, 2.24) is 0 Å². The molecule has 0 saturated carbocycles. The molecule has 0 aliphatic carbocycles. The fraction of sp³-hybridized carbons (Fsp3) is 0.200. The molecule has 170 valence electrons. The minimum atomic E-state index is -1.61. The van der Waals surface area contributed by atoms with Gasteiger partial charge in [0.15, 0.2) is 0 Å². The van der Waals surface area contributed by atoms with Crippen LogP contribution in [0, 0.1) is 0 Å². The zero-order valence-corrected chi connectivity index (χ0v) is 19.7. The monoisotopic (exact) mass is 485 g/mol. The van der Waals surface area contributed by atoms with Crippen LogP contribution in [-0.2, 0) is 21.7 Å². The molecule has 0 fully saturated rings. The minimum Gasteiger partial charge on any atom is -0.497 e.